The maximum atomic E-state index is 5.68. The van der Waals surface area contributed by atoms with Crippen LogP contribution in [0, 0.1) is 0 Å². The first-order valence-corrected chi connectivity index (χ1v) is 5.63. The van der Waals surface area contributed by atoms with Crippen molar-refractivity contribution >= 4 is 23.1 Å². The van der Waals surface area contributed by atoms with Gasteiger partial charge in [-0.05, 0) is 13.3 Å². The molecule has 0 aliphatic heterocycles. The summed E-state index contributed by atoms with van der Waals surface area (Å²) in [6.07, 6.45) is 1.02. The maximum absolute atomic E-state index is 5.68. The van der Waals surface area contributed by atoms with Crippen LogP contribution in [0.5, 0.6) is 0 Å². The first kappa shape index (κ1) is 9.95. The summed E-state index contributed by atoms with van der Waals surface area (Å²) in [6, 6.07) is 0.264. The summed E-state index contributed by atoms with van der Waals surface area (Å²) < 4.78 is 1.03. The van der Waals surface area contributed by atoms with Crippen LogP contribution in [0.15, 0.2) is 9.85 Å². The molecule has 1 aromatic rings. The summed E-state index contributed by atoms with van der Waals surface area (Å²) in [5.41, 5.74) is 7.43. The van der Waals surface area contributed by atoms with Gasteiger partial charge in [-0.2, -0.15) is 0 Å². The summed E-state index contributed by atoms with van der Waals surface area (Å²) in [6.45, 7) is 4.19. The third-order valence-electron chi connectivity index (χ3n) is 1.35. The highest BCUT2D eigenvalue weighted by Crippen LogP contribution is 2.26. The monoisotopic (exact) mass is 203 g/mol. The Balaban J connectivity index is 2.32. The van der Waals surface area contributed by atoms with Crippen molar-refractivity contribution in [3.05, 3.63) is 5.51 Å². The zero-order valence-corrected chi connectivity index (χ0v) is 8.86. The second kappa shape index (κ2) is 4.79. The topological polar surface area (TPSA) is 51.8 Å². The fraction of sp³-hybridized carbons (Fsp3) is 0.714. The lowest BCUT2D eigenvalue weighted by atomic mass is 10.2. The standard InChI is InChI=1S/C7H13N3S2/c1-5(8)3-6(2)12-7-10-9-4-11-7/h4-6H,3,8H2,1-2H3. The van der Waals surface area contributed by atoms with E-state index >= 15 is 0 Å². The van der Waals surface area contributed by atoms with Gasteiger partial charge in [-0.3, -0.25) is 0 Å². The molecule has 1 aromatic heterocycles. The molecular weight excluding hydrogens is 190 g/mol. The van der Waals surface area contributed by atoms with Crippen molar-refractivity contribution in [1.29, 1.82) is 0 Å². The molecule has 12 heavy (non-hydrogen) atoms. The number of thioether (sulfide) groups is 1. The van der Waals surface area contributed by atoms with Crippen molar-refractivity contribution in [3.8, 4) is 0 Å². The van der Waals surface area contributed by atoms with Crippen LogP contribution in [0.2, 0.25) is 0 Å². The fourth-order valence-corrected chi connectivity index (χ4v) is 2.92. The molecule has 1 rings (SSSR count). The van der Waals surface area contributed by atoms with E-state index in [1.807, 2.05) is 6.92 Å². The van der Waals surface area contributed by atoms with Crippen LogP contribution < -0.4 is 5.73 Å². The Labute approximate surface area is 80.8 Å². The van der Waals surface area contributed by atoms with E-state index < -0.39 is 0 Å². The van der Waals surface area contributed by atoms with Crippen LogP contribution in [-0.2, 0) is 0 Å². The Morgan fingerprint density at radius 3 is 2.92 bits per heavy atom. The third-order valence-corrected chi connectivity index (χ3v) is 3.28. The average molecular weight is 203 g/mol. The normalized spacial score (nSPS) is 15.9. The van der Waals surface area contributed by atoms with E-state index in [2.05, 4.69) is 17.1 Å². The molecule has 2 unspecified atom stereocenters. The second-order valence-electron chi connectivity index (χ2n) is 2.85. The minimum Gasteiger partial charge on any atom is -0.328 e. The molecule has 0 saturated carbocycles. The number of hydrogen-bond donors (Lipinski definition) is 1. The van der Waals surface area contributed by atoms with Gasteiger partial charge in [0.2, 0.25) is 0 Å². The van der Waals surface area contributed by atoms with Crippen LogP contribution >= 0.6 is 23.1 Å². The van der Waals surface area contributed by atoms with Gasteiger partial charge in [0, 0.05) is 11.3 Å². The molecule has 2 N–H and O–H groups in total. The largest absolute Gasteiger partial charge is 0.328 e. The van der Waals surface area contributed by atoms with E-state index in [4.69, 9.17) is 5.73 Å². The molecule has 0 bridgehead atoms. The van der Waals surface area contributed by atoms with E-state index in [-0.39, 0.29) is 6.04 Å². The molecule has 0 aliphatic carbocycles. The molecule has 0 fully saturated rings. The van der Waals surface area contributed by atoms with E-state index in [9.17, 15) is 0 Å². The molecule has 0 aliphatic rings. The molecule has 1 heterocycles. The smallest absolute Gasteiger partial charge is 0.174 e. The number of rotatable bonds is 4. The van der Waals surface area contributed by atoms with Crippen molar-refractivity contribution in [1.82, 2.24) is 10.2 Å². The Kier molecular flexibility index (Phi) is 3.97. The minimum atomic E-state index is 0.264. The number of nitrogens with two attached hydrogens (primary N) is 1. The van der Waals surface area contributed by atoms with Crippen molar-refractivity contribution in [3.63, 3.8) is 0 Å². The summed E-state index contributed by atoms with van der Waals surface area (Å²) in [5, 5.41) is 8.25. The van der Waals surface area contributed by atoms with Gasteiger partial charge >= 0.3 is 0 Å². The van der Waals surface area contributed by atoms with Gasteiger partial charge in [-0.15, -0.1) is 10.2 Å². The van der Waals surface area contributed by atoms with Crippen LogP contribution in [0.3, 0.4) is 0 Å². The molecule has 2 atom stereocenters. The van der Waals surface area contributed by atoms with Gasteiger partial charge in [-0.25, -0.2) is 0 Å². The summed E-state index contributed by atoms with van der Waals surface area (Å²) in [5.74, 6) is 0. The van der Waals surface area contributed by atoms with Crippen LogP contribution in [0.25, 0.3) is 0 Å². The third kappa shape index (κ3) is 3.51. The molecule has 3 nitrogen and oxygen atoms in total. The lowest BCUT2D eigenvalue weighted by Gasteiger charge is -2.10. The molecule has 5 heteroatoms. The van der Waals surface area contributed by atoms with E-state index in [0.717, 1.165) is 10.8 Å². The van der Waals surface area contributed by atoms with Crippen molar-refractivity contribution < 1.29 is 0 Å². The minimum absolute atomic E-state index is 0.264. The van der Waals surface area contributed by atoms with Gasteiger partial charge in [0.25, 0.3) is 0 Å². The second-order valence-corrected chi connectivity index (χ2v) is 5.36. The Morgan fingerprint density at radius 1 is 1.67 bits per heavy atom. The maximum Gasteiger partial charge on any atom is 0.174 e. The lowest BCUT2D eigenvalue weighted by molar-refractivity contribution is 0.662. The molecule has 0 aromatic carbocycles. The molecule has 0 radical (unpaired) electrons. The number of nitrogens with zero attached hydrogens (tertiary/aromatic N) is 2. The van der Waals surface area contributed by atoms with Crippen molar-refractivity contribution in [2.45, 2.75) is 35.9 Å². The Morgan fingerprint density at radius 2 is 2.42 bits per heavy atom. The highest BCUT2D eigenvalue weighted by Gasteiger charge is 2.08. The van der Waals surface area contributed by atoms with Crippen molar-refractivity contribution in [2.24, 2.45) is 5.73 Å². The van der Waals surface area contributed by atoms with E-state index in [1.54, 1.807) is 28.6 Å². The molecule has 0 amide bonds. The quantitative estimate of drug-likeness (QED) is 0.758. The van der Waals surface area contributed by atoms with E-state index in [0.29, 0.717) is 5.25 Å². The Hall–Kier alpha value is -0.130. The number of aromatic nitrogens is 2. The van der Waals surface area contributed by atoms with Gasteiger partial charge in [0.05, 0.1) is 0 Å². The van der Waals surface area contributed by atoms with E-state index in [1.165, 1.54) is 0 Å². The zero-order chi connectivity index (χ0) is 8.97. The summed E-state index contributed by atoms with van der Waals surface area (Å²) >= 11 is 3.32. The predicted molar refractivity (Wildman–Crippen MR) is 53.5 cm³/mol. The highest BCUT2D eigenvalue weighted by molar-refractivity contribution is 8.01. The Bertz CT molecular complexity index is 210. The fourth-order valence-electron chi connectivity index (χ4n) is 0.958. The van der Waals surface area contributed by atoms with Crippen LogP contribution in [0.4, 0.5) is 0 Å². The number of hydrogen-bond acceptors (Lipinski definition) is 5. The molecule has 0 saturated heterocycles. The van der Waals surface area contributed by atoms with Gasteiger partial charge in [0.1, 0.15) is 5.51 Å². The first-order valence-electron chi connectivity index (χ1n) is 3.87. The SMILES string of the molecule is CC(N)CC(C)Sc1nncs1. The summed E-state index contributed by atoms with van der Waals surface area (Å²) in [4.78, 5) is 0. The van der Waals surface area contributed by atoms with Crippen LogP contribution in [-0.4, -0.2) is 21.5 Å². The van der Waals surface area contributed by atoms with Crippen LogP contribution in [0.1, 0.15) is 20.3 Å². The lowest BCUT2D eigenvalue weighted by Crippen LogP contribution is -2.19. The molecule has 68 valence electrons. The molecule has 0 spiro atoms. The van der Waals surface area contributed by atoms with Gasteiger partial charge < -0.3 is 5.73 Å². The zero-order valence-electron chi connectivity index (χ0n) is 7.23. The van der Waals surface area contributed by atoms with Gasteiger partial charge in [-0.1, -0.05) is 30.0 Å². The molecular formula is C7H13N3S2. The predicted octanol–water partition coefficient (Wildman–Crippen LogP) is 1.76. The average Bonchev–Trinajstić information content (AvgIpc) is 2.37. The highest BCUT2D eigenvalue weighted by atomic mass is 32.2. The van der Waals surface area contributed by atoms with Crippen molar-refractivity contribution in [2.75, 3.05) is 0 Å². The summed E-state index contributed by atoms with van der Waals surface area (Å²) in [7, 11) is 0. The van der Waals surface area contributed by atoms with Gasteiger partial charge in [0.15, 0.2) is 4.34 Å². The first-order chi connectivity index (χ1) is 5.68.